The van der Waals surface area contributed by atoms with Gasteiger partial charge in [0.2, 0.25) is 0 Å². The third kappa shape index (κ3) is 62.5. The summed E-state index contributed by atoms with van der Waals surface area (Å²) in [5.74, 6) is -0.902. The lowest BCUT2D eigenvalue weighted by atomic mass is 10.0. The largest absolute Gasteiger partial charge is 0.462 e. The zero-order valence-electron chi connectivity index (χ0n) is 50.2. The van der Waals surface area contributed by atoms with Crippen molar-refractivity contribution in [2.75, 3.05) is 13.2 Å². The molecule has 0 saturated heterocycles. The fourth-order valence-corrected chi connectivity index (χ4v) is 8.73. The molecule has 0 spiro atoms. The summed E-state index contributed by atoms with van der Waals surface area (Å²) in [6.07, 6.45) is 89.4. The minimum atomic E-state index is -0.787. The Labute approximate surface area is 475 Å². The Morgan fingerprint density at radius 3 is 0.792 bits per heavy atom. The van der Waals surface area contributed by atoms with E-state index in [9.17, 15) is 14.4 Å². The first-order valence-corrected chi connectivity index (χ1v) is 32.0. The van der Waals surface area contributed by atoms with Crippen molar-refractivity contribution >= 4 is 17.9 Å². The van der Waals surface area contributed by atoms with Crippen LogP contribution in [-0.2, 0) is 28.6 Å². The molecule has 0 aromatic carbocycles. The van der Waals surface area contributed by atoms with E-state index < -0.39 is 6.10 Å². The summed E-state index contributed by atoms with van der Waals surface area (Å²) >= 11 is 0. The molecule has 0 aliphatic carbocycles. The monoisotopic (exact) mass is 1070 g/mol. The zero-order chi connectivity index (χ0) is 55.7. The van der Waals surface area contributed by atoms with Gasteiger partial charge >= 0.3 is 17.9 Å². The summed E-state index contributed by atoms with van der Waals surface area (Å²) in [4.78, 5) is 38.1. The van der Waals surface area contributed by atoms with Crippen LogP contribution in [0.15, 0.2) is 122 Å². The van der Waals surface area contributed by atoms with Crippen LogP contribution in [0.3, 0.4) is 0 Å². The summed E-state index contributed by atoms with van der Waals surface area (Å²) in [7, 11) is 0. The van der Waals surface area contributed by atoms with Gasteiger partial charge < -0.3 is 14.2 Å². The molecule has 1 unspecified atom stereocenters. The summed E-state index contributed by atoms with van der Waals surface area (Å²) in [5, 5.41) is 0. The maximum absolute atomic E-state index is 12.9. The van der Waals surface area contributed by atoms with Crippen LogP contribution in [0.5, 0.6) is 0 Å². The lowest BCUT2D eigenvalue weighted by molar-refractivity contribution is -0.167. The topological polar surface area (TPSA) is 78.9 Å². The average Bonchev–Trinajstić information content (AvgIpc) is 3.43. The van der Waals surface area contributed by atoms with Gasteiger partial charge in [0.05, 0.1) is 0 Å². The molecule has 0 saturated carbocycles. The number of ether oxygens (including phenoxy) is 3. The maximum Gasteiger partial charge on any atom is 0.306 e. The van der Waals surface area contributed by atoms with E-state index in [0.29, 0.717) is 19.3 Å². The lowest BCUT2D eigenvalue weighted by Gasteiger charge is -2.18. The number of rotatable bonds is 57. The van der Waals surface area contributed by atoms with Crippen LogP contribution in [0, 0.1) is 0 Å². The maximum atomic E-state index is 12.9. The molecule has 0 N–H and O–H groups in total. The zero-order valence-corrected chi connectivity index (χ0v) is 50.2. The number of esters is 3. The van der Waals surface area contributed by atoms with Gasteiger partial charge in [0, 0.05) is 19.3 Å². The van der Waals surface area contributed by atoms with Gasteiger partial charge in [0.25, 0.3) is 0 Å². The third-order valence-corrected chi connectivity index (χ3v) is 13.5. The first-order chi connectivity index (χ1) is 38.0. The van der Waals surface area contributed by atoms with Crippen molar-refractivity contribution in [2.45, 2.75) is 297 Å². The van der Waals surface area contributed by atoms with E-state index in [2.05, 4.69) is 142 Å². The van der Waals surface area contributed by atoms with E-state index in [4.69, 9.17) is 14.2 Å². The highest BCUT2D eigenvalue weighted by atomic mass is 16.6. The van der Waals surface area contributed by atoms with Crippen LogP contribution in [0.4, 0.5) is 0 Å². The molecule has 0 heterocycles. The molecule has 0 bridgehead atoms. The van der Waals surface area contributed by atoms with Gasteiger partial charge in [-0.1, -0.05) is 284 Å². The molecular formula is C71H118O6. The Morgan fingerprint density at radius 1 is 0.273 bits per heavy atom. The van der Waals surface area contributed by atoms with Crippen LogP contribution in [0.1, 0.15) is 290 Å². The van der Waals surface area contributed by atoms with Gasteiger partial charge in [0.1, 0.15) is 13.2 Å². The molecular weight excluding hydrogens is 949 g/mol. The minimum Gasteiger partial charge on any atom is -0.462 e. The van der Waals surface area contributed by atoms with Gasteiger partial charge in [-0.05, 0) is 109 Å². The second-order valence-electron chi connectivity index (χ2n) is 20.9. The molecule has 0 aromatic rings. The lowest BCUT2D eigenvalue weighted by Crippen LogP contribution is -2.30. The number of carbonyl (C=O) groups excluding carboxylic acids is 3. The Morgan fingerprint density at radius 2 is 0.506 bits per heavy atom. The number of hydrogen-bond donors (Lipinski definition) is 0. The van der Waals surface area contributed by atoms with Gasteiger partial charge in [-0.15, -0.1) is 0 Å². The summed E-state index contributed by atoms with van der Waals surface area (Å²) in [6, 6.07) is 0. The molecule has 0 amide bonds. The van der Waals surface area contributed by atoms with Crippen molar-refractivity contribution in [3.8, 4) is 0 Å². The second-order valence-corrected chi connectivity index (χ2v) is 20.9. The van der Waals surface area contributed by atoms with Gasteiger partial charge in [0.15, 0.2) is 6.10 Å². The molecule has 1 atom stereocenters. The highest BCUT2D eigenvalue weighted by Crippen LogP contribution is 2.16. The number of unbranched alkanes of at least 4 members (excludes halogenated alkanes) is 26. The molecule has 6 nitrogen and oxygen atoms in total. The highest BCUT2D eigenvalue weighted by Gasteiger charge is 2.19. The number of allylic oxidation sites excluding steroid dienone is 20. The van der Waals surface area contributed by atoms with E-state index in [1.807, 2.05) is 0 Å². The molecule has 0 rings (SSSR count). The molecule has 0 aliphatic rings. The molecule has 0 aliphatic heterocycles. The Hall–Kier alpha value is -4.19. The predicted molar refractivity (Wildman–Crippen MR) is 334 cm³/mol. The van der Waals surface area contributed by atoms with Crippen molar-refractivity contribution in [1.82, 2.24) is 0 Å². The van der Waals surface area contributed by atoms with Crippen molar-refractivity contribution in [3.05, 3.63) is 122 Å². The van der Waals surface area contributed by atoms with Crippen molar-refractivity contribution in [3.63, 3.8) is 0 Å². The van der Waals surface area contributed by atoms with Crippen LogP contribution in [0.2, 0.25) is 0 Å². The van der Waals surface area contributed by atoms with E-state index in [1.165, 1.54) is 116 Å². The van der Waals surface area contributed by atoms with E-state index >= 15 is 0 Å². The summed E-state index contributed by atoms with van der Waals surface area (Å²) < 4.78 is 16.8. The van der Waals surface area contributed by atoms with Crippen molar-refractivity contribution in [2.24, 2.45) is 0 Å². The Balaban J connectivity index is 4.17. The second kappa shape index (κ2) is 64.3. The fraction of sp³-hybridized carbons (Fsp3) is 0.676. The predicted octanol–water partition coefficient (Wildman–Crippen LogP) is 22.0. The normalized spacial score (nSPS) is 12.9. The van der Waals surface area contributed by atoms with Crippen LogP contribution < -0.4 is 0 Å². The standard InChI is InChI=1S/C71H118O6/c1-4-7-10-13-16-18-20-22-24-26-28-30-32-34-35-37-38-40-42-44-46-48-50-52-55-58-61-64-70(73)76-67-68(66-75-69(72)63-60-57-54-15-12-9-6-3)77-71(74)65-62-59-56-53-51-49-47-45-43-41-39-36-33-31-29-27-25-23-21-19-17-14-11-8-5-2/h7-8,10-11,16-19,22-25,28-31,36,39,43,45,68H,4-6,9,12-15,20-21,26-27,32-35,37-38,40-42,44,46-67H2,1-3H3/b10-7-,11-8-,18-16-,19-17-,24-22-,25-23-,30-28-,31-29-,39-36-,45-43-. The van der Waals surface area contributed by atoms with E-state index in [-0.39, 0.29) is 31.1 Å². The minimum absolute atomic E-state index is 0.0844. The van der Waals surface area contributed by atoms with Crippen LogP contribution in [-0.4, -0.2) is 37.2 Å². The SMILES string of the molecule is CC/C=C\C/C=C\C/C=C\C/C=C\C/C=C\C/C=C\CCCCCCCCC(=O)OC(COC(=O)CCCCCCCCC)COC(=O)CCCCCCCCCCCCCCCC/C=C\C/C=C\C/C=C\C/C=C\CC. The average molecular weight is 1070 g/mol. The van der Waals surface area contributed by atoms with Gasteiger partial charge in [-0.3, -0.25) is 14.4 Å². The molecule has 0 aromatic heterocycles. The van der Waals surface area contributed by atoms with Gasteiger partial charge in [-0.25, -0.2) is 0 Å². The summed E-state index contributed by atoms with van der Waals surface area (Å²) in [5.41, 5.74) is 0. The first kappa shape index (κ1) is 72.8. The number of hydrogen-bond acceptors (Lipinski definition) is 6. The molecule has 6 heteroatoms. The Kier molecular flexibility index (Phi) is 60.8. The fourth-order valence-electron chi connectivity index (χ4n) is 8.73. The van der Waals surface area contributed by atoms with Gasteiger partial charge in [-0.2, -0.15) is 0 Å². The number of carbonyl (C=O) groups is 3. The molecule has 0 radical (unpaired) electrons. The smallest absolute Gasteiger partial charge is 0.306 e. The highest BCUT2D eigenvalue weighted by molar-refractivity contribution is 5.71. The van der Waals surface area contributed by atoms with Crippen molar-refractivity contribution in [1.29, 1.82) is 0 Å². The van der Waals surface area contributed by atoms with E-state index in [0.717, 1.165) is 135 Å². The Bertz CT molecular complexity index is 1600. The molecule has 77 heavy (non-hydrogen) atoms. The van der Waals surface area contributed by atoms with Crippen molar-refractivity contribution < 1.29 is 28.6 Å². The quantitative estimate of drug-likeness (QED) is 0.0261. The molecule has 438 valence electrons. The van der Waals surface area contributed by atoms with Crippen LogP contribution in [0.25, 0.3) is 0 Å². The van der Waals surface area contributed by atoms with E-state index in [1.54, 1.807) is 0 Å². The third-order valence-electron chi connectivity index (χ3n) is 13.5. The van der Waals surface area contributed by atoms with Crippen LogP contribution >= 0.6 is 0 Å². The first-order valence-electron chi connectivity index (χ1n) is 32.0. The molecule has 0 fully saturated rings. The summed E-state index contributed by atoms with van der Waals surface area (Å²) in [6.45, 7) is 6.37.